The van der Waals surface area contributed by atoms with Gasteiger partial charge in [-0.2, -0.15) is 5.10 Å². The monoisotopic (exact) mass is 227 g/mol. The molecule has 0 radical (unpaired) electrons. The van der Waals surface area contributed by atoms with E-state index in [0.717, 1.165) is 24.0 Å². The molecule has 0 spiro atoms. The Hall–Kier alpha value is -1.61. The topological polar surface area (TPSA) is 29.9 Å². The van der Waals surface area contributed by atoms with Crippen LogP contribution < -0.4 is 5.32 Å². The van der Waals surface area contributed by atoms with Crippen molar-refractivity contribution in [2.45, 2.75) is 32.4 Å². The summed E-state index contributed by atoms with van der Waals surface area (Å²) in [6.07, 6.45) is 4.67. The van der Waals surface area contributed by atoms with E-state index in [1.165, 1.54) is 18.4 Å². The van der Waals surface area contributed by atoms with Crippen molar-refractivity contribution in [3.05, 3.63) is 47.8 Å². The van der Waals surface area contributed by atoms with Crippen LogP contribution in [0.5, 0.6) is 0 Å². The maximum Gasteiger partial charge on any atom is 0.0648 e. The lowest BCUT2D eigenvalue weighted by Gasteiger charge is -2.06. The normalized spacial score (nSPS) is 15.1. The minimum Gasteiger partial charge on any atom is -0.310 e. The van der Waals surface area contributed by atoms with Crippen molar-refractivity contribution in [3.8, 4) is 5.69 Å². The summed E-state index contributed by atoms with van der Waals surface area (Å²) in [4.78, 5) is 0. The molecule has 88 valence electrons. The van der Waals surface area contributed by atoms with Gasteiger partial charge in [-0.25, -0.2) is 4.68 Å². The Labute approximate surface area is 101 Å². The van der Waals surface area contributed by atoms with E-state index in [1.54, 1.807) is 0 Å². The molecule has 1 aromatic heterocycles. The number of nitrogens with zero attached hydrogens (tertiary/aromatic N) is 2. The molecule has 1 saturated carbocycles. The predicted octanol–water partition coefficient (Wildman–Crippen LogP) is 2.43. The highest BCUT2D eigenvalue weighted by atomic mass is 15.3. The Morgan fingerprint density at radius 2 is 2.24 bits per heavy atom. The third-order valence-electron chi connectivity index (χ3n) is 3.07. The molecule has 1 aliphatic carbocycles. The highest BCUT2D eigenvalue weighted by Crippen LogP contribution is 2.19. The van der Waals surface area contributed by atoms with Gasteiger partial charge in [-0.15, -0.1) is 0 Å². The number of aromatic nitrogens is 2. The van der Waals surface area contributed by atoms with Gasteiger partial charge in [0.05, 0.1) is 11.4 Å². The van der Waals surface area contributed by atoms with Crippen molar-refractivity contribution in [2.75, 3.05) is 0 Å². The fraction of sp³-hybridized carbons (Fsp3) is 0.357. The Balaban J connectivity index is 1.77. The summed E-state index contributed by atoms with van der Waals surface area (Å²) in [5.41, 5.74) is 3.50. The average molecular weight is 227 g/mol. The van der Waals surface area contributed by atoms with E-state index in [0.29, 0.717) is 0 Å². The summed E-state index contributed by atoms with van der Waals surface area (Å²) in [5, 5.41) is 7.95. The maximum atomic E-state index is 4.43. The second-order valence-corrected chi connectivity index (χ2v) is 4.73. The summed E-state index contributed by atoms with van der Waals surface area (Å²) >= 11 is 0. The highest BCUT2D eigenvalue weighted by molar-refractivity contribution is 5.35. The largest absolute Gasteiger partial charge is 0.310 e. The van der Waals surface area contributed by atoms with Gasteiger partial charge in [0, 0.05) is 18.8 Å². The molecule has 1 aliphatic rings. The van der Waals surface area contributed by atoms with Gasteiger partial charge in [0.15, 0.2) is 0 Å². The molecule has 0 atom stereocenters. The zero-order valence-electron chi connectivity index (χ0n) is 10.1. The van der Waals surface area contributed by atoms with Crippen molar-refractivity contribution >= 4 is 0 Å². The molecular formula is C14H17N3. The van der Waals surface area contributed by atoms with Crippen LogP contribution in [-0.2, 0) is 6.54 Å². The van der Waals surface area contributed by atoms with Crippen molar-refractivity contribution in [1.29, 1.82) is 0 Å². The van der Waals surface area contributed by atoms with E-state index < -0.39 is 0 Å². The second kappa shape index (κ2) is 4.34. The molecule has 0 bridgehead atoms. The van der Waals surface area contributed by atoms with E-state index >= 15 is 0 Å². The van der Waals surface area contributed by atoms with Gasteiger partial charge in [-0.05, 0) is 43.5 Å². The van der Waals surface area contributed by atoms with E-state index in [2.05, 4.69) is 34.7 Å². The Morgan fingerprint density at radius 1 is 1.35 bits per heavy atom. The SMILES string of the molecule is Cc1ccn(-c2cccc(CNC3CC3)c2)n1. The molecule has 0 aliphatic heterocycles. The number of rotatable bonds is 4. The van der Waals surface area contributed by atoms with Crippen LogP contribution in [0.4, 0.5) is 0 Å². The van der Waals surface area contributed by atoms with Crippen LogP contribution in [-0.4, -0.2) is 15.8 Å². The Bertz CT molecular complexity index is 512. The molecule has 3 rings (SSSR count). The Morgan fingerprint density at radius 3 is 2.94 bits per heavy atom. The van der Waals surface area contributed by atoms with Crippen molar-refractivity contribution < 1.29 is 0 Å². The van der Waals surface area contributed by atoms with Gasteiger partial charge in [-0.3, -0.25) is 0 Å². The van der Waals surface area contributed by atoms with Crippen molar-refractivity contribution in [3.63, 3.8) is 0 Å². The van der Waals surface area contributed by atoms with Gasteiger partial charge in [-0.1, -0.05) is 12.1 Å². The first-order valence-electron chi connectivity index (χ1n) is 6.16. The molecule has 0 unspecified atom stereocenters. The van der Waals surface area contributed by atoms with Crippen LogP contribution in [0.15, 0.2) is 36.5 Å². The lowest BCUT2D eigenvalue weighted by Crippen LogP contribution is -2.15. The summed E-state index contributed by atoms with van der Waals surface area (Å²) in [5.74, 6) is 0. The zero-order chi connectivity index (χ0) is 11.7. The molecule has 1 fully saturated rings. The number of nitrogens with one attached hydrogen (secondary N) is 1. The maximum absolute atomic E-state index is 4.43. The molecular weight excluding hydrogens is 210 g/mol. The summed E-state index contributed by atoms with van der Waals surface area (Å²) < 4.78 is 1.93. The van der Waals surface area contributed by atoms with E-state index in [-0.39, 0.29) is 0 Å². The first-order valence-corrected chi connectivity index (χ1v) is 6.16. The van der Waals surface area contributed by atoms with E-state index in [4.69, 9.17) is 0 Å². The van der Waals surface area contributed by atoms with Crippen molar-refractivity contribution in [1.82, 2.24) is 15.1 Å². The minimum absolute atomic E-state index is 0.755. The van der Waals surface area contributed by atoms with Crippen LogP contribution in [0.3, 0.4) is 0 Å². The number of hydrogen-bond acceptors (Lipinski definition) is 2. The summed E-state index contributed by atoms with van der Waals surface area (Å²) in [6.45, 7) is 2.97. The minimum atomic E-state index is 0.755. The standard InChI is InChI=1S/C14H17N3/c1-11-7-8-17(16-11)14-4-2-3-12(9-14)10-15-13-5-6-13/h2-4,7-9,13,15H,5-6,10H2,1H3. The molecule has 3 heteroatoms. The van der Waals surface area contributed by atoms with Gasteiger partial charge in [0.2, 0.25) is 0 Å². The number of aryl methyl sites for hydroxylation is 1. The first-order chi connectivity index (χ1) is 8.31. The van der Waals surface area contributed by atoms with Gasteiger partial charge in [0.1, 0.15) is 0 Å². The van der Waals surface area contributed by atoms with Crippen LogP contribution >= 0.6 is 0 Å². The molecule has 17 heavy (non-hydrogen) atoms. The predicted molar refractivity (Wildman–Crippen MR) is 68.2 cm³/mol. The molecule has 1 heterocycles. The van der Waals surface area contributed by atoms with Gasteiger partial charge < -0.3 is 5.32 Å². The van der Waals surface area contributed by atoms with Crippen LogP contribution in [0.1, 0.15) is 24.1 Å². The fourth-order valence-electron chi connectivity index (χ4n) is 1.92. The fourth-order valence-corrected chi connectivity index (χ4v) is 1.92. The third-order valence-corrected chi connectivity index (χ3v) is 3.07. The van der Waals surface area contributed by atoms with Gasteiger partial charge >= 0.3 is 0 Å². The second-order valence-electron chi connectivity index (χ2n) is 4.73. The van der Waals surface area contributed by atoms with E-state index in [9.17, 15) is 0 Å². The molecule has 2 aromatic rings. The molecule has 0 amide bonds. The number of hydrogen-bond donors (Lipinski definition) is 1. The quantitative estimate of drug-likeness (QED) is 0.869. The molecule has 0 saturated heterocycles. The van der Waals surface area contributed by atoms with Crippen LogP contribution in [0.2, 0.25) is 0 Å². The smallest absolute Gasteiger partial charge is 0.0648 e. The van der Waals surface area contributed by atoms with E-state index in [1.807, 2.05) is 23.9 Å². The van der Waals surface area contributed by atoms with Gasteiger partial charge in [0.25, 0.3) is 0 Å². The highest BCUT2D eigenvalue weighted by Gasteiger charge is 2.19. The Kier molecular flexibility index (Phi) is 2.69. The summed E-state index contributed by atoms with van der Waals surface area (Å²) in [7, 11) is 0. The first kappa shape index (κ1) is 10.5. The lowest BCUT2D eigenvalue weighted by molar-refractivity contribution is 0.687. The number of benzene rings is 1. The third kappa shape index (κ3) is 2.56. The molecule has 1 aromatic carbocycles. The van der Waals surface area contributed by atoms with Crippen LogP contribution in [0.25, 0.3) is 5.69 Å². The lowest BCUT2D eigenvalue weighted by atomic mass is 10.2. The molecule has 3 nitrogen and oxygen atoms in total. The van der Waals surface area contributed by atoms with Crippen molar-refractivity contribution in [2.24, 2.45) is 0 Å². The summed E-state index contributed by atoms with van der Waals surface area (Å²) in [6, 6.07) is 11.3. The average Bonchev–Trinajstić information content (AvgIpc) is 3.08. The zero-order valence-corrected chi connectivity index (χ0v) is 10.1. The molecule has 1 N–H and O–H groups in total. The van der Waals surface area contributed by atoms with Crippen LogP contribution in [0, 0.1) is 6.92 Å².